The summed E-state index contributed by atoms with van der Waals surface area (Å²) in [6.07, 6.45) is 5.49. The van der Waals surface area contributed by atoms with Gasteiger partial charge in [0, 0.05) is 41.2 Å². The lowest BCUT2D eigenvalue weighted by Gasteiger charge is -2.12. The monoisotopic (exact) mass is 549 g/mol. The molecule has 0 aliphatic carbocycles. The van der Waals surface area contributed by atoms with E-state index in [-0.39, 0.29) is 5.97 Å². The summed E-state index contributed by atoms with van der Waals surface area (Å²) in [5.41, 5.74) is 6.66. The zero-order chi connectivity index (χ0) is 28.3. The predicted molar refractivity (Wildman–Crippen MR) is 161 cm³/mol. The van der Waals surface area contributed by atoms with Crippen molar-refractivity contribution >= 4 is 27.6 Å². The molecule has 0 fully saturated rings. The molecule has 0 unspecified atom stereocenters. The molecule has 41 heavy (non-hydrogen) atoms. The van der Waals surface area contributed by atoms with E-state index in [0.717, 1.165) is 61.9 Å². The Morgan fingerprint density at radius 1 is 1.02 bits per heavy atom. The molecule has 7 nitrogen and oxygen atoms in total. The van der Waals surface area contributed by atoms with Crippen LogP contribution >= 0.6 is 0 Å². The minimum absolute atomic E-state index is 0.303. The lowest BCUT2D eigenvalue weighted by molar-refractivity contribution is 0.0513. The molecule has 6 rings (SSSR count). The third-order valence-electron chi connectivity index (χ3n) is 7.82. The number of ether oxygens (including phenoxy) is 3. The van der Waals surface area contributed by atoms with E-state index in [9.17, 15) is 4.79 Å². The SMILES string of the molecule is CCOC(=O)c1c(CCCOc2cccc3ccccc23)c2cccc3c2n1C/C=C\COCc1nn(C)c(C)c1-3. The fourth-order valence-corrected chi connectivity index (χ4v) is 5.90. The molecule has 0 bridgehead atoms. The first kappa shape index (κ1) is 26.8. The summed E-state index contributed by atoms with van der Waals surface area (Å²) in [5.74, 6) is 0.571. The number of aromatic nitrogens is 3. The summed E-state index contributed by atoms with van der Waals surface area (Å²) in [6, 6.07) is 20.7. The number of aryl methyl sites for hydroxylation is 2. The van der Waals surface area contributed by atoms with Crippen molar-refractivity contribution in [1.29, 1.82) is 0 Å². The van der Waals surface area contributed by atoms with Crippen molar-refractivity contribution in [3.8, 4) is 16.9 Å². The van der Waals surface area contributed by atoms with E-state index in [1.165, 1.54) is 0 Å². The first-order valence-corrected chi connectivity index (χ1v) is 14.3. The molecule has 0 amide bonds. The molecule has 0 radical (unpaired) electrons. The van der Waals surface area contributed by atoms with Crippen molar-refractivity contribution in [3.63, 3.8) is 0 Å². The maximum atomic E-state index is 13.5. The largest absolute Gasteiger partial charge is 0.493 e. The molecule has 0 saturated carbocycles. The fourth-order valence-electron chi connectivity index (χ4n) is 5.90. The summed E-state index contributed by atoms with van der Waals surface area (Å²) in [5, 5.41) is 8.08. The zero-order valence-electron chi connectivity index (χ0n) is 23.9. The van der Waals surface area contributed by atoms with Crippen LogP contribution in [0.4, 0.5) is 0 Å². The Kier molecular flexibility index (Phi) is 7.61. The Hall–Kier alpha value is -4.36. The normalized spacial score (nSPS) is 14.0. The summed E-state index contributed by atoms with van der Waals surface area (Å²) in [7, 11) is 1.96. The van der Waals surface area contributed by atoms with Crippen molar-refractivity contribution in [2.75, 3.05) is 19.8 Å². The minimum atomic E-state index is -0.303. The van der Waals surface area contributed by atoms with Crippen LogP contribution in [0, 0.1) is 6.92 Å². The van der Waals surface area contributed by atoms with Gasteiger partial charge in [-0.15, -0.1) is 0 Å². The molecular weight excluding hydrogens is 514 g/mol. The van der Waals surface area contributed by atoms with Crippen LogP contribution in [0.3, 0.4) is 0 Å². The summed E-state index contributed by atoms with van der Waals surface area (Å²) in [4.78, 5) is 13.5. The van der Waals surface area contributed by atoms with Gasteiger partial charge in [0.1, 0.15) is 11.4 Å². The zero-order valence-corrected chi connectivity index (χ0v) is 23.9. The lowest BCUT2D eigenvalue weighted by atomic mass is 9.98. The Balaban J connectivity index is 1.43. The number of benzene rings is 3. The maximum Gasteiger partial charge on any atom is 0.355 e. The number of fused-ring (bicyclic) bond motifs is 3. The van der Waals surface area contributed by atoms with Gasteiger partial charge in [0.2, 0.25) is 0 Å². The van der Waals surface area contributed by atoms with Gasteiger partial charge >= 0.3 is 5.97 Å². The highest BCUT2D eigenvalue weighted by molar-refractivity contribution is 6.05. The van der Waals surface area contributed by atoms with Crippen LogP contribution in [-0.2, 0) is 36.1 Å². The second-order valence-corrected chi connectivity index (χ2v) is 10.3. The molecule has 7 heteroatoms. The maximum absolute atomic E-state index is 13.5. The first-order valence-electron chi connectivity index (χ1n) is 14.3. The van der Waals surface area contributed by atoms with E-state index in [1.54, 1.807) is 0 Å². The van der Waals surface area contributed by atoms with Gasteiger partial charge in [-0.2, -0.15) is 5.10 Å². The quantitative estimate of drug-likeness (QED) is 0.127. The van der Waals surface area contributed by atoms with Gasteiger partial charge in [-0.1, -0.05) is 66.7 Å². The van der Waals surface area contributed by atoms with Crippen LogP contribution in [-0.4, -0.2) is 40.1 Å². The number of carbonyl (C=O) groups excluding carboxylic acids is 1. The van der Waals surface area contributed by atoms with Gasteiger partial charge < -0.3 is 18.8 Å². The molecule has 0 N–H and O–H groups in total. The Morgan fingerprint density at radius 2 is 1.83 bits per heavy atom. The summed E-state index contributed by atoms with van der Waals surface area (Å²) >= 11 is 0. The second kappa shape index (κ2) is 11.6. The standard InChI is InChI=1S/C34H35N3O4/c1-4-40-34(38)33-27(17-11-21-41-30-18-9-13-24-12-5-6-14-25(24)30)26-15-10-16-28-31-23(2)36(3)35-29(31)22-39-20-8-7-19-37(33)32(26)28/h5-10,12-16,18H,4,11,17,19-22H2,1-3H3/b8-7-. The number of allylic oxidation sites excluding steroid dienone is 1. The molecule has 210 valence electrons. The molecule has 5 aromatic rings. The van der Waals surface area contributed by atoms with Gasteiger partial charge in [-0.3, -0.25) is 4.68 Å². The third-order valence-corrected chi connectivity index (χ3v) is 7.82. The van der Waals surface area contributed by atoms with Crippen LogP contribution < -0.4 is 4.74 Å². The Morgan fingerprint density at radius 3 is 2.71 bits per heavy atom. The number of hydrogen-bond donors (Lipinski definition) is 0. The molecule has 2 aromatic heterocycles. The molecule has 3 aromatic carbocycles. The number of nitrogens with zero attached hydrogens (tertiary/aromatic N) is 3. The van der Waals surface area contributed by atoms with Crippen molar-refractivity contribution in [1.82, 2.24) is 14.3 Å². The van der Waals surface area contributed by atoms with E-state index in [0.29, 0.717) is 45.1 Å². The average Bonchev–Trinajstić information content (AvgIpc) is 3.44. The predicted octanol–water partition coefficient (Wildman–Crippen LogP) is 6.78. The lowest BCUT2D eigenvalue weighted by Crippen LogP contribution is -2.14. The minimum Gasteiger partial charge on any atom is -0.493 e. The summed E-state index contributed by atoms with van der Waals surface area (Å²) < 4.78 is 21.8. The van der Waals surface area contributed by atoms with E-state index in [1.807, 2.05) is 49.0 Å². The fraction of sp³-hybridized carbons (Fsp3) is 0.294. The van der Waals surface area contributed by atoms with Crippen molar-refractivity contribution in [3.05, 3.63) is 95.5 Å². The number of carbonyl (C=O) groups is 1. The van der Waals surface area contributed by atoms with Gasteiger partial charge in [0.05, 0.1) is 37.6 Å². The van der Waals surface area contributed by atoms with Crippen molar-refractivity contribution < 1.29 is 19.0 Å². The highest BCUT2D eigenvalue weighted by atomic mass is 16.5. The molecule has 1 aliphatic rings. The molecule has 0 saturated heterocycles. The van der Waals surface area contributed by atoms with Gasteiger partial charge in [0.25, 0.3) is 0 Å². The molecule has 0 atom stereocenters. The average molecular weight is 550 g/mol. The first-order chi connectivity index (χ1) is 20.1. The van der Waals surface area contributed by atoms with E-state index in [2.05, 4.69) is 54.0 Å². The van der Waals surface area contributed by atoms with Crippen molar-refractivity contribution in [2.24, 2.45) is 7.05 Å². The number of para-hydroxylation sites is 1. The van der Waals surface area contributed by atoms with Gasteiger partial charge in [-0.05, 0) is 43.7 Å². The Labute approximate surface area is 239 Å². The smallest absolute Gasteiger partial charge is 0.355 e. The van der Waals surface area contributed by atoms with Crippen LogP contribution in [0.5, 0.6) is 5.75 Å². The van der Waals surface area contributed by atoms with E-state index < -0.39 is 0 Å². The van der Waals surface area contributed by atoms with E-state index >= 15 is 0 Å². The molecule has 1 aliphatic heterocycles. The molecule has 3 heterocycles. The van der Waals surface area contributed by atoms with Crippen LogP contribution in [0.25, 0.3) is 32.8 Å². The van der Waals surface area contributed by atoms with Gasteiger partial charge in [0.15, 0.2) is 0 Å². The third kappa shape index (κ3) is 5.02. The van der Waals surface area contributed by atoms with Crippen molar-refractivity contribution in [2.45, 2.75) is 39.8 Å². The molecule has 0 spiro atoms. The molecular formula is C34H35N3O4. The van der Waals surface area contributed by atoms with E-state index in [4.69, 9.17) is 19.3 Å². The van der Waals surface area contributed by atoms with Gasteiger partial charge in [-0.25, -0.2) is 4.79 Å². The highest BCUT2D eigenvalue weighted by Gasteiger charge is 2.27. The number of hydrogen-bond acceptors (Lipinski definition) is 5. The van der Waals surface area contributed by atoms with Crippen LogP contribution in [0.15, 0.2) is 72.8 Å². The number of rotatable bonds is 7. The van der Waals surface area contributed by atoms with Crippen LogP contribution in [0.1, 0.15) is 40.8 Å². The number of esters is 1. The second-order valence-electron chi connectivity index (χ2n) is 10.3. The Bertz CT molecular complexity index is 1760. The topological polar surface area (TPSA) is 67.5 Å². The highest BCUT2D eigenvalue weighted by Crippen LogP contribution is 2.38. The summed E-state index contributed by atoms with van der Waals surface area (Å²) in [6.45, 7) is 6.20. The van der Waals surface area contributed by atoms with Crippen LogP contribution in [0.2, 0.25) is 0 Å².